The van der Waals surface area contributed by atoms with Crippen molar-refractivity contribution in [2.45, 2.75) is 6.92 Å². The van der Waals surface area contributed by atoms with E-state index in [0.29, 0.717) is 5.52 Å². The fraction of sp³-hybridized carbons (Fsp3) is 0.125. The summed E-state index contributed by atoms with van der Waals surface area (Å²) in [4.78, 5) is 15.6. The minimum Gasteiger partial charge on any atom is -0.306 e. The Morgan fingerprint density at radius 2 is 2.08 bits per heavy atom. The van der Waals surface area contributed by atoms with E-state index in [1.807, 2.05) is 0 Å². The van der Waals surface area contributed by atoms with Gasteiger partial charge in [-0.05, 0) is 24.6 Å². The van der Waals surface area contributed by atoms with Crippen LogP contribution in [0.2, 0.25) is 0 Å². The molecule has 0 saturated heterocycles. The molecule has 0 saturated carbocycles. The van der Waals surface area contributed by atoms with Crippen molar-refractivity contribution in [3.05, 3.63) is 34.0 Å². The van der Waals surface area contributed by atoms with Gasteiger partial charge < -0.3 is 9.97 Å². The largest absolute Gasteiger partial charge is 0.323 e. The van der Waals surface area contributed by atoms with E-state index in [1.165, 1.54) is 6.07 Å². The topological polar surface area (TPSA) is 48.6 Å². The van der Waals surface area contributed by atoms with Gasteiger partial charge in [-0.3, -0.25) is 0 Å². The van der Waals surface area contributed by atoms with Gasteiger partial charge in [-0.2, -0.15) is 0 Å². The predicted molar refractivity (Wildman–Crippen MR) is 43.6 cm³/mol. The van der Waals surface area contributed by atoms with E-state index >= 15 is 0 Å². The number of imidazole rings is 1. The summed E-state index contributed by atoms with van der Waals surface area (Å²) in [6.07, 6.45) is 0. The molecule has 0 atom stereocenters. The first-order chi connectivity index (χ1) is 5.66. The normalized spacial score (nSPS) is 10.8. The fourth-order valence-electron chi connectivity index (χ4n) is 1.23. The van der Waals surface area contributed by atoms with Crippen LogP contribution in [0.25, 0.3) is 11.0 Å². The van der Waals surface area contributed by atoms with Gasteiger partial charge in [0.15, 0.2) is 0 Å². The van der Waals surface area contributed by atoms with Crippen molar-refractivity contribution in [3.8, 4) is 0 Å². The van der Waals surface area contributed by atoms with Crippen molar-refractivity contribution in [2.75, 3.05) is 0 Å². The molecule has 1 aromatic carbocycles. The van der Waals surface area contributed by atoms with Crippen molar-refractivity contribution in [1.82, 2.24) is 9.97 Å². The summed E-state index contributed by atoms with van der Waals surface area (Å²) in [5, 5.41) is 0. The number of aromatic nitrogens is 2. The second-order valence-corrected chi connectivity index (χ2v) is 2.75. The molecule has 2 aromatic rings. The Balaban J connectivity index is 2.97. The average Bonchev–Trinajstić information content (AvgIpc) is 2.29. The van der Waals surface area contributed by atoms with Gasteiger partial charge >= 0.3 is 5.69 Å². The maximum atomic E-state index is 13.1. The molecule has 2 rings (SSSR count). The number of aryl methyl sites for hydroxylation is 1. The highest BCUT2D eigenvalue weighted by Gasteiger charge is 2.03. The molecule has 0 bridgehead atoms. The highest BCUT2D eigenvalue weighted by atomic mass is 19.1. The quantitative estimate of drug-likeness (QED) is 0.609. The Kier molecular flexibility index (Phi) is 1.30. The zero-order valence-electron chi connectivity index (χ0n) is 6.44. The third kappa shape index (κ3) is 0.922. The Labute approximate surface area is 67.2 Å². The van der Waals surface area contributed by atoms with Crippen molar-refractivity contribution in [2.24, 2.45) is 0 Å². The molecule has 4 heteroatoms. The van der Waals surface area contributed by atoms with Gasteiger partial charge in [-0.15, -0.1) is 0 Å². The van der Waals surface area contributed by atoms with Crippen molar-refractivity contribution in [1.29, 1.82) is 0 Å². The van der Waals surface area contributed by atoms with Gasteiger partial charge in [-0.1, -0.05) is 0 Å². The molecule has 0 aliphatic heterocycles. The number of rotatable bonds is 0. The first-order valence-electron chi connectivity index (χ1n) is 3.55. The molecule has 2 N–H and O–H groups in total. The number of benzene rings is 1. The first kappa shape index (κ1) is 7.09. The number of aromatic amines is 2. The molecule has 0 aliphatic rings. The lowest BCUT2D eigenvalue weighted by atomic mass is 10.2. The van der Waals surface area contributed by atoms with Crippen LogP contribution in [-0.2, 0) is 0 Å². The third-order valence-electron chi connectivity index (χ3n) is 1.72. The summed E-state index contributed by atoms with van der Waals surface area (Å²) in [5.74, 6) is -0.400. The van der Waals surface area contributed by atoms with Crippen LogP contribution in [0.4, 0.5) is 4.39 Å². The van der Waals surface area contributed by atoms with Crippen molar-refractivity contribution in [3.63, 3.8) is 0 Å². The Morgan fingerprint density at radius 3 is 2.83 bits per heavy atom. The maximum Gasteiger partial charge on any atom is 0.323 e. The monoisotopic (exact) mass is 166 g/mol. The molecule has 0 amide bonds. The highest BCUT2D eigenvalue weighted by Crippen LogP contribution is 2.13. The number of fused-ring (bicyclic) bond motifs is 1. The van der Waals surface area contributed by atoms with Crippen LogP contribution in [0.1, 0.15) is 5.56 Å². The molecule has 0 unspecified atom stereocenters. The van der Waals surface area contributed by atoms with Crippen LogP contribution < -0.4 is 5.69 Å². The highest BCUT2D eigenvalue weighted by molar-refractivity contribution is 5.75. The van der Waals surface area contributed by atoms with Crippen molar-refractivity contribution < 1.29 is 4.39 Å². The van der Waals surface area contributed by atoms with Gasteiger partial charge in [0.05, 0.1) is 5.52 Å². The molecular formula is C8H7FN2O. The molecule has 0 fully saturated rings. The molecule has 12 heavy (non-hydrogen) atoms. The van der Waals surface area contributed by atoms with Crippen LogP contribution in [-0.4, -0.2) is 9.97 Å². The molecular weight excluding hydrogens is 159 g/mol. The van der Waals surface area contributed by atoms with Crippen LogP contribution in [0, 0.1) is 12.7 Å². The van der Waals surface area contributed by atoms with E-state index in [9.17, 15) is 9.18 Å². The summed E-state index contributed by atoms with van der Waals surface area (Å²) in [5.41, 5.74) is 1.16. The zero-order valence-corrected chi connectivity index (χ0v) is 6.44. The van der Waals surface area contributed by atoms with Crippen LogP contribution in [0.15, 0.2) is 16.9 Å². The van der Waals surface area contributed by atoms with E-state index < -0.39 is 5.82 Å². The molecule has 0 aliphatic carbocycles. The van der Waals surface area contributed by atoms with Gasteiger partial charge in [0.2, 0.25) is 0 Å². The Bertz CT molecular complexity index is 483. The Hall–Kier alpha value is -1.58. The van der Waals surface area contributed by atoms with E-state index in [0.717, 1.165) is 5.56 Å². The first-order valence-corrected chi connectivity index (χ1v) is 3.55. The molecule has 62 valence electrons. The number of hydrogen-bond acceptors (Lipinski definition) is 1. The summed E-state index contributed by atoms with van der Waals surface area (Å²) in [7, 11) is 0. The number of halogens is 1. The van der Waals surface area contributed by atoms with Gasteiger partial charge in [-0.25, -0.2) is 9.18 Å². The summed E-state index contributed by atoms with van der Waals surface area (Å²) < 4.78 is 13.1. The van der Waals surface area contributed by atoms with Gasteiger partial charge in [0.25, 0.3) is 0 Å². The molecule has 1 heterocycles. The molecule has 3 nitrogen and oxygen atoms in total. The molecule has 0 spiro atoms. The summed E-state index contributed by atoms with van der Waals surface area (Å²) >= 11 is 0. The zero-order chi connectivity index (χ0) is 8.72. The lowest BCUT2D eigenvalue weighted by Crippen LogP contribution is -1.99. The number of nitrogens with one attached hydrogen (secondary N) is 2. The fourth-order valence-corrected chi connectivity index (χ4v) is 1.23. The SMILES string of the molecule is Cc1cc(F)c2[nH]c(=O)[nH]c2c1. The lowest BCUT2D eigenvalue weighted by molar-refractivity contribution is 0.636. The van der Waals surface area contributed by atoms with Gasteiger partial charge in [0.1, 0.15) is 11.3 Å². The minimum absolute atomic E-state index is 0.241. The predicted octanol–water partition coefficient (Wildman–Crippen LogP) is 1.30. The van der Waals surface area contributed by atoms with E-state index in [-0.39, 0.29) is 11.2 Å². The standard InChI is InChI=1S/C8H7FN2O/c1-4-2-5(9)7-6(3-4)10-8(12)11-7/h2-3H,1H3,(H2,10,11,12). The van der Waals surface area contributed by atoms with Crippen LogP contribution in [0.3, 0.4) is 0 Å². The second-order valence-electron chi connectivity index (χ2n) is 2.75. The summed E-state index contributed by atoms with van der Waals surface area (Å²) in [6, 6.07) is 3.10. The van der Waals surface area contributed by atoms with E-state index in [1.54, 1.807) is 13.0 Å². The van der Waals surface area contributed by atoms with E-state index in [4.69, 9.17) is 0 Å². The van der Waals surface area contributed by atoms with Crippen LogP contribution in [0.5, 0.6) is 0 Å². The maximum absolute atomic E-state index is 13.1. The third-order valence-corrected chi connectivity index (χ3v) is 1.72. The van der Waals surface area contributed by atoms with Gasteiger partial charge in [0, 0.05) is 0 Å². The van der Waals surface area contributed by atoms with E-state index in [2.05, 4.69) is 9.97 Å². The Morgan fingerprint density at radius 1 is 1.33 bits per heavy atom. The van der Waals surface area contributed by atoms with Crippen LogP contribution >= 0.6 is 0 Å². The van der Waals surface area contributed by atoms with Crippen molar-refractivity contribution >= 4 is 11.0 Å². The smallest absolute Gasteiger partial charge is 0.306 e. The molecule has 1 aromatic heterocycles. The second kappa shape index (κ2) is 2.20. The lowest BCUT2D eigenvalue weighted by Gasteiger charge is -1.93. The summed E-state index contributed by atoms with van der Waals surface area (Å²) in [6.45, 7) is 1.77. The molecule has 0 radical (unpaired) electrons. The average molecular weight is 166 g/mol. The minimum atomic E-state index is -0.400. The number of H-pyrrole nitrogens is 2. The number of hydrogen-bond donors (Lipinski definition) is 2.